The zero-order valence-corrected chi connectivity index (χ0v) is 18.4. The van der Waals surface area contributed by atoms with E-state index in [-0.39, 0.29) is 24.8 Å². The summed E-state index contributed by atoms with van der Waals surface area (Å²) in [4.78, 5) is 45.2. The molecule has 10 heteroatoms. The van der Waals surface area contributed by atoms with Gasteiger partial charge in [0.05, 0.1) is 25.5 Å². The van der Waals surface area contributed by atoms with Crippen LogP contribution in [0.3, 0.4) is 0 Å². The van der Waals surface area contributed by atoms with E-state index >= 15 is 0 Å². The number of piperidine rings is 1. The smallest absolute Gasteiger partial charge is 0.255 e. The van der Waals surface area contributed by atoms with Gasteiger partial charge in [0.25, 0.3) is 5.91 Å². The molecule has 0 bridgehead atoms. The van der Waals surface area contributed by atoms with E-state index in [4.69, 9.17) is 9.47 Å². The fourth-order valence-corrected chi connectivity index (χ4v) is 5.00. The van der Waals surface area contributed by atoms with Crippen molar-refractivity contribution in [3.63, 3.8) is 0 Å². The van der Waals surface area contributed by atoms with Crippen LogP contribution in [0.1, 0.15) is 39.5 Å². The molecule has 2 saturated heterocycles. The number of fused-ring (bicyclic) bond motifs is 1. The van der Waals surface area contributed by atoms with Crippen LogP contribution in [0.5, 0.6) is 5.75 Å². The molecule has 1 aromatic carbocycles. The van der Waals surface area contributed by atoms with Gasteiger partial charge in [-0.15, -0.1) is 11.3 Å². The molecule has 3 aliphatic heterocycles. The molecule has 1 atom stereocenters. The van der Waals surface area contributed by atoms with E-state index in [1.807, 2.05) is 6.07 Å². The molecule has 2 aromatic rings. The van der Waals surface area contributed by atoms with Crippen LogP contribution in [-0.2, 0) is 34.0 Å². The molecule has 168 valence electrons. The number of hydrogen-bond acceptors (Lipinski definition) is 8. The highest BCUT2D eigenvalue weighted by molar-refractivity contribution is 7.09. The van der Waals surface area contributed by atoms with Crippen LogP contribution in [0.2, 0.25) is 0 Å². The number of ether oxygens (including phenoxy) is 2. The first kappa shape index (κ1) is 21.0. The van der Waals surface area contributed by atoms with Crippen molar-refractivity contribution in [2.75, 3.05) is 26.3 Å². The van der Waals surface area contributed by atoms with Crippen LogP contribution >= 0.6 is 11.3 Å². The Bertz CT molecular complexity index is 1050. The van der Waals surface area contributed by atoms with Crippen LogP contribution in [-0.4, -0.2) is 64.9 Å². The minimum atomic E-state index is -0.637. The second kappa shape index (κ2) is 8.97. The summed E-state index contributed by atoms with van der Waals surface area (Å²) in [5.74, 6) is -0.297. The van der Waals surface area contributed by atoms with Gasteiger partial charge in [-0.25, -0.2) is 4.98 Å². The number of imide groups is 1. The fraction of sp³-hybridized carbons (Fsp3) is 0.455. The number of nitrogens with one attached hydrogen (secondary N) is 1. The van der Waals surface area contributed by atoms with Crippen LogP contribution in [0.25, 0.3) is 0 Å². The maximum absolute atomic E-state index is 12.9. The zero-order valence-electron chi connectivity index (χ0n) is 17.5. The molecule has 1 aromatic heterocycles. The molecule has 0 aliphatic carbocycles. The van der Waals surface area contributed by atoms with Gasteiger partial charge in [0.1, 0.15) is 23.4 Å². The van der Waals surface area contributed by atoms with E-state index in [0.29, 0.717) is 24.3 Å². The highest BCUT2D eigenvalue weighted by Crippen LogP contribution is 2.34. The van der Waals surface area contributed by atoms with E-state index in [9.17, 15) is 14.4 Å². The van der Waals surface area contributed by atoms with Crippen LogP contribution < -0.4 is 10.1 Å². The van der Waals surface area contributed by atoms with Crippen molar-refractivity contribution in [1.82, 2.24) is 20.1 Å². The third kappa shape index (κ3) is 4.25. The molecule has 0 spiro atoms. The van der Waals surface area contributed by atoms with Crippen molar-refractivity contribution in [2.24, 2.45) is 0 Å². The lowest BCUT2D eigenvalue weighted by Gasteiger charge is -2.29. The second-order valence-electron chi connectivity index (χ2n) is 8.09. The van der Waals surface area contributed by atoms with Gasteiger partial charge in [-0.05, 0) is 18.6 Å². The summed E-state index contributed by atoms with van der Waals surface area (Å²) in [7, 11) is 0. The molecule has 32 heavy (non-hydrogen) atoms. The quantitative estimate of drug-likeness (QED) is 0.654. The standard InChI is InChI=1S/C22H24N4O5S/c27-19-5-4-17(21(28)24-19)26-11-16-15(22(26)29)2-1-3-18(16)31-12-20-23-14(13-32-20)10-25-6-8-30-9-7-25/h1-3,13,17H,4-12H2,(H,24,27,28). The van der Waals surface area contributed by atoms with Gasteiger partial charge in [-0.3, -0.25) is 24.6 Å². The number of thiazole rings is 1. The van der Waals surface area contributed by atoms with E-state index in [2.05, 4.69) is 20.6 Å². The first-order valence-electron chi connectivity index (χ1n) is 10.7. The van der Waals surface area contributed by atoms with Gasteiger partial charge in [0.2, 0.25) is 11.8 Å². The molecule has 5 rings (SSSR count). The van der Waals surface area contributed by atoms with Crippen molar-refractivity contribution in [3.05, 3.63) is 45.4 Å². The van der Waals surface area contributed by atoms with Crippen molar-refractivity contribution in [1.29, 1.82) is 0 Å². The van der Waals surface area contributed by atoms with E-state index < -0.39 is 11.9 Å². The number of hydrogen-bond donors (Lipinski definition) is 1. The predicted molar refractivity (Wildman–Crippen MR) is 115 cm³/mol. The van der Waals surface area contributed by atoms with Gasteiger partial charge < -0.3 is 14.4 Å². The number of carbonyl (C=O) groups excluding carboxylic acids is 3. The highest BCUT2D eigenvalue weighted by atomic mass is 32.1. The summed E-state index contributed by atoms with van der Waals surface area (Å²) in [6.45, 7) is 4.75. The average molecular weight is 457 g/mol. The lowest BCUT2D eigenvalue weighted by atomic mass is 10.0. The SMILES string of the molecule is O=C1CCC(N2Cc3c(OCc4nc(CN5CCOCC5)cs4)cccc3C2=O)C(=O)N1. The Balaban J connectivity index is 1.24. The molecule has 3 amide bonds. The van der Waals surface area contributed by atoms with Gasteiger partial charge >= 0.3 is 0 Å². The molecule has 0 saturated carbocycles. The summed E-state index contributed by atoms with van der Waals surface area (Å²) in [6.07, 6.45) is 0.572. The molecule has 2 fully saturated rings. The van der Waals surface area contributed by atoms with Gasteiger partial charge in [-0.1, -0.05) is 6.07 Å². The number of morpholine rings is 1. The second-order valence-corrected chi connectivity index (χ2v) is 9.03. The van der Waals surface area contributed by atoms with E-state index in [0.717, 1.165) is 49.1 Å². The molecular formula is C22H24N4O5S. The monoisotopic (exact) mass is 456 g/mol. The van der Waals surface area contributed by atoms with Gasteiger partial charge in [0.15, 0.2) is 0 Å². The number of amides is 3. The Morgan fingerprint density at radius 1 is 1.22 bits per heavy atom. The van der Waals surface area contributed by atoms with Gasteiger partial charge in [-0.2, -0.15) is 0 Å². The molecule has 1 unspecified atom stereocenters. The summed E-state index contributed by atoms with van der Waals surface area (Å²) in [6, 6.07) is 4.73. The molecule has 1 N–H and O–H groups in total. The van der Waals surface area contributed by atoms with Crippen molar-refractivity contribution in [2.45, 2.75) is 38.6 Å². The van der Waals surface area contributed by atoms with Crippen LogP contribution in [0.15, 0.2) is 23.6 Å². The third-order valence-electron chi connectivity index (χ3n) is 5.98. The lowest BCUT2D eigenvalue weighted by molar-refractivity contribution is -0.136. The van der Waals surface area contributed by atoms with Crippen LogP contribution in [0, 0.1) is 0 Å². The van der Waals surface area contributed by atoms with Gasteiger partial charge in [0, 0.05) is 42.6 Å². The number of rotatable bonds is 6. The largest absolute Gasteiger partial charge is 0.486 e. The third-order valence-corrected chi connectivity index (χ3v) is 6.85. The van der Waals surface area contributed by atoms with E-state index in [1.165, 1.54) is 4.90 Å². The minimum Gasteiger partial charge on any atom is -0.486 e. The molecular weight excluding hydrogens is 432 g/mol. The lowest BCUT2D eigenvalue weighted by Crippen LogP contribution is -2.52. The summed E-state index contributed by atoms with van der Waals surface area (Å²) in [5.41, 5.74) is 2.33. The normalized spacial score (nSPS) is 21.6. The Morgan fingerprint density at radius 2 is 2.06 bits per heavy atom. The predicted octanol–water partition coefficient (Wildman–Crippen LogP) is 1.32. The zero-order chi connectivity index (χ0) is 22.1. The van der Waals surface area contributed by atoms with Crippen molar-refractivity contribution < 1.29 is 23.9 Å². The fourth-order valence-electron chi connectivity index (χ4n) is 4.31. The first-order valence-corrected chi connectivity index (χ1v) is 11.6. The maximum atomic E-state index is 12.9. The molecule has 3 aliphatic rings. The van der Waals surface area contributed by atoms with Crippen LogP contribution in [0.4, 0.5) is 0 Å². The topological polar surface area (TPSA) is 101 Å². The van der Waals surface area contributed by atoms with Crippen molar-refractivity contribution >= 4 is 29.1 Å². The Labute approximate surface area is 189 Å². The molecule has 0 radical (unpaired) electrons. The first-order chi connectivity index (χ1) is 15.6. The summed E-state index contributed by atoms with van der Waals surface area (Å²) in [5, 5.41) is 5.25. The Kier molecular flexibility index (Phi) is 5.90. The maximum Gasteiger partial charge on any atom is 0.255 e. The molecule has 4 heterocycles. The van der Waals surface area contributed by atoms with E-state index in [1.54, 1.807) is 23.5 Å². The Morgan fingerprint density at radius 3 is 2.88 bits per heavy atom. The molecule has 9 nitrogen and oxygen atoms in total. The van der Waals surface area contributed by atoms with Crippen molar-refractivity contribution in [3.8, 4) is 5.75 Å². The number of benzene rings is 1. The average Bonchev–Trinajstić information content (AvgIpc) is 3.38. The Hall–Kier alpha value is -2.82. The number of carbonyl (C=O) groups is 3. The number of aromatic nitrogens is 1. The summed E-state index contributed by atoms with van der Waals surface area (Å²) >= 11 is 1.56. The highest BCUT2D eigenvalue weighted by Gasteiger charge is 2.40. The number of nitrogens with zero attached hydrogens (tertiary/aromatic N) is 3. The minimum absolute atomic E-state index is 0.206. The summed E-state index contributed by atoms with van der Waals surface area (Å²) < 4.78 is 11.4.